The minimum Gasteiger partial charge on any atom is -0.482 e. The first kappa shape index (κ1) is 23.6. The van der Waals surface area contributed by atoms with Crippen LogP contribution in [-0.2, 0) is 20.7 Å². The van der Waals surface area contributed by atoms with Crippen molar-refractivity contribution in [2.24, 2.45) is 0 Å². The molecule has 0 radical (unpaired) electrons. The molecule has 1 saturated carbocycles. The Morgan fingerprint density at radius 1 is 1.15 bits per heavy atom. The number of benzene rings is 2. The number of amides is 2. The van der Waals surface area contributed by atoms with E-state index in [0.29, 0.717) is 18.0 Å². The lowest BCUT2D eigenvalue weighted by Gasteiger charge is -2.44. The van der Waals surface area contributed by atoms with Gasteiger partial charge in [-0.25, -0.2) is 4.39 Å². The second-order valence-corrected chi connectivity index (χ2v) is 9.16. The zero-order valence-corrected chi connectivity index (χ0v) is 19.5. The Labute approximate surface area is 202 Å². The highest BCUT2D eigenvalue weighted by atomic mass is 35.5. The molecule has 1 aliphatic carbocycles. The van der Waals surface area contributed by atoms with E-state index >= 15 is 0 Å². The molecule has 2 aliphatic rings. The van der Waals surface area contributed by atoms with Crippen molar-refractivity contribution in [2.45, 2.75) is 44.2 Å². The van der Waals surface area contributed by atoms with Crippen LogP contribution in [0.3, 0.4) is 0 Å². The summed E-state index contributed by atoms with van der Waals surface area (Å²) in [5.41, 5.74) is 1.16. The number of morpholine rings is 1. The molecule has 2 fully saturated rings. The molecule has 174 valence electrons. The van der Waals surface area contributed by atoms with Gasteiger partial charge in [0.2, 0.25) is 5.91 Å². The molecule has 1 aliphatic heterocycles. The van der Waals surface area contributed by atoms with Crippen LogP contribution in [0.15, 0.2) is 48.2 Å². The third-order valence-electron chi connectivity index (χ3n) is 6.06. The normalized spacial score (nSPS) is 21.5. The summed E-state index contributed by atoms with van der Waals surface area (Å²) >= 11 is 12.0. The SMILES string of the molecule is O=C(CN1C(=O)/C(=C/c2c(F)cccc2Cl)OC2CCCCC21)NCCc1ccc(Cl)cc1. The molecule has 1 N–H and O–H groups in total. The molecular formula is C25H25Cl2FN2O3. The molecule has 2 unspecified atom stereocenters. The van der Waals surface area contributed by atoms with Gasteiger partial charge in [-0.3, -0.25) is 9.59 Å². The summed E-state index contributed by atoms with van der Waals surface area (Å²) in [7, 11) is 0. The Kier molecular flexibility index (Phi) is 7.56. The summed E-state index contributed by atoms with van der Waals surface area (Å²) in [6.07, 6.45) is 5.25. The molecule has 33 heavy (non-hydrogen) atoms. The Morgan fingerprint density at radius 3 is 2.67 bits per heavy atom. The number of hydrogen-bond acceptors (Lipinski definition) is 3. The summed E-state index contributed by atoms with van der Waals surface area (Å²) in [6.45, 7) is 0.368. The van der Waals surface area contributed by atoms with Crippen molar-refractivity contribution >= 4 is 41.1 Å². The topological polar surface area (TPSA) is 58.6 Å². The Hall–Kier alpha value is -2.57. The van der Waals surface area contributed by atoms with E-state index in [2.05, 4.69) is 5.32 Å². The predicted octanol–water partition coefficient (Wildman–Crippen LogP) is 5.00. The van der Waals surface area contributed by atoms with Gasteiger partial charge in [0.05, 0.1) is 11.1 Å². The summed E-state index contributed by atoms with van der Waals surface area (Å²) in [5, 5.41) is 3.74. The number of carbonyl (C=O) groups is 2. The maximum atomic E-state index is 14.3. The van der Waals surface area contributed by atoms with Crippen LogP contribution < -0.4 is 5.32 Å². The smallest absolute Gasteiger partial charge is 0.289 e. The van der Waals surface area contributed by atoms with Gasteiger partial charge in [-0.2, -0.15) is 0 Å². The van der Waals surface area contributed by atoms with Crippen LogP contribution in [0.1, 0.15) is 36.8 Å². The Bertz CT molecular complexity index is 1040. The second-order valence-electron chi connectivity index (χ2n) is 8.31. The van der Waals surface area contributed by atoms with Crippen molar-refractivity contribution in [3.05, 3.63) is 75.2 Å². The van der Waals surface area contributed by atoms with Gasteiger partial charge in [-0.05, 0) is 61.6 Å². The van der Waals surface area contributed by atoms with Crippen LogP contribution in [0.2, 0.25) is 10.0 Å². The number of hydrogen-bond donors (Lipinski definition) is 1. The zero-order chi connectivity index (χ0) is 23.4. The molecule has 2 amide bonds. The van der Waals surface area contributed by atoms with Crippen LogP contribution in [0, 0.1) is 5.82 Å². The van der Waals surface area contributed by atoms with Crippen molar-refractivity contribution in [2.75, 3.05) is 13.1 Å². The van der Waals surface area contributed by atoms with Crippen molar-refractivity contribution < 1.29 is 18.7 Å². The fraction of sp³-hybridized carbons (Fsp3) is 0.360. The minimum absolute atomic E-state index is 0.0131. The first-order chi connectivity index (χ1) is 15.9. The molecule has 5 nitrogen and oxygen atoms in total. The van der Waals surface area contributed by atoms with Crippen LogP contribution in [0.4, 0.5) is 4.39 Å². The second kappa shape index (κ2) is 10.6. The van der Waals surface area contributed by atoms with Gasteiger partial charge in [-0.1, -0.05) is 47.8 Å². The largest absolute Gasteiger partial charge is 0.482 e. The van der Waals surface area contributed by atoms with Crippen LogP contribution >= 0.6 is 23.2 Å². The number of fused-ring (bicyclic) bond motifs is 1. The summed E-state index contributed by atoms with van der Waals surface area (Å²) < 4.78 is 20.3. The van der Waals surface area contributed by atoms with Gasteiger partial charge in [0.15, 0.2) is 5.76 Å². The third-order valence-corrected chi connectivity index (χ3v) is 6.64. The maximum absolute atomic E-state index is 14.3. The average molecular weight is 491 g/mol. The number of carbonyl (C=O) groups excluding carboxylic acids is 2. The molecule has 0 aromatic heterocycles. The molecule has 0 spiro atoms. The van der Waals surface area contributed by atoms with Crippen molar-refractivity contribution in [3.63, 3.8) is 0 Å². The number of rotatable bonds is 6. The Morgan fingerprint density at radius 2 is 1.91 bits per heavy atom. The molecular weight excluding hydrogens is 466 g/mol. The van der Waals surface area contributed by atoms with Crippen LogP contribution in [0.5, 0.6) is 0 Å². The predicted molar refractivity (Wildman–Crippen MR) is 126 cm³/mol. The molecule has 1 heterocycles. The molecule has 2 atom stereocenters. The van der Waals surface area contributed by atoms with E-state index in [4.69, 9.17) is 27.9 Å². The number of ether oxygens (including phenoxy) is 1. The first-order valence-corrected chi connectivity index (χ1v) is 11.8. The van der Waals surface area contributed by atoms with Gasteiger partial charge in [0.25, 0.3) is 5.91 Å². The van der Waals surface area contributed by atoms with E-state index < -0.39 is 11.7 Å². The molecule has 2 aromatic rings. The number of halogens is 3. The fourth-order valence-electron chi connectivity index (χ4n) is 4.35. The number of nitrogens with one attached hydrogen (secondary N) is 1. The van der Waals surface area contributed by atoms with E-state index in [1.54, 1.807) is 11.0 Å². The molecule has 4 rings (SSSR count). The molecule has 8 heteroatoms. The van der Waals surface area contributed by atoms with Crippen LogP contribution in [0.25, 0.3) is 6.08 Å². The molecule has 2 aromatic carbocycles. The van der Waals surface area contributed by atoms with E-state index in [9.17, 15) is 14.0 Å². The highest BCUT2D eigenvalue weighted by Crippen LogP contribution is 2.34. The first-order valence-electron chi connectivity index (χ1n) is 11.1. The Balaban J connectivity index is 1.46. The lowest BCUT2D eigenvalue weighted by atomic mass is 9.89. The highest BCUT2D eigenvalue weighted by molar-refractivity contribution is 6.32. The lowest BCUT2D eigenvalue weighted by Crippen LogP contribution is -2.57. The average Bonchev–Trinajstić information content (AvgIpc) is 2.80. The van der Waals surface area contributed by atoms with E-state index in [-0.39, 0.29) is 40.9 Å². The fourth-order valence-corrected chi connectivity index (χ4v) is 4.69. The van der Waals surface area contributed by atoms with Crippen LogP contribution in [-0.4, -0.2) is 41.9 Å². The minimum atomic E-state index is -0.538. The summed E-state index contributed by atoms with van der Waals surface area (Å²) in [6, 6.07) is 11.6. The zero-order valence-electron chi connectivity index (χ0n) is 18.0. The highest BCUT2D eigenvalue weighted by Gasteiger charge is 2.42. The monoisotopic (exact) mass is 490 g/mol. The van der Waals surface area contributed by atoms with Crippen molar-refractivity contribution in [3.8, 4) is 0 Å². The molecule has 1 saturated heterocycles. The van der Waals surface area contributed by atoms with Crippen molar-refractivity contribution in [1.29, 1.82) is 0 Å². The van der Waals surface area contributed by atoms with Gasteiger partial charge < -0.3 is 15.0 Å². The van der Waals surface area contributed by atoms with Gasteiger partial charge in [0, 0.05) is 17.1 Å². The summed E-state index contributed by atoms with van der Waals surface area (Å²) in [5.74, 6) is -1.19. The van der Waals surface area contributed by atoms with Gasteiger partial charge >= 0.3 is 0 Å². The van der Waals surface area contributed by atoms with E-state index in [1.165, 1.54) is 18.2 Å². The van der Waals surface area contributed by atoms with E-state index in [1.807, 2.05) is 24.3 Å². The summed E-state index contributed by atoms with van der Waals surface area (Å²) in [4.78, 5) is 27.5. The van der Waals surface area contributed by atoms with Crippen molar-refractivity contribution in [1.82, 2.24) is 10.2 Å². The standard InChI is InChI=1S/C25H25Cl2FN2O3/c26-17-10-8-16(9-11-17)12-13-29-24(31)15-30-21-6-1-2-7-22(21)33-23(25(30)32)14-18-19(27)4-3-5-20(18)28/h3-5,8-11,14,21-22H,1-2,6-7,12-13,15H2,(H,29,31)/b23-14-. The lowest BCUT2D eigenvalue weighted by molar-refractivity contribution is -0.151. The van der Waals surface area contributed by atoms with Gasteiger partial charge in [-0.15, -0.1) is 0 Å². The molecule has 0 bridgehead atoms. The van der Waals surface area contributed by atoms with E-state index in [0.717, 1.165) is 31.2 Å². The third kappa shape index (κ3) is 5.68. The quantitative estimate of drug-likeness (QED) is 0.579. The van der Waals surface area contributed by atoms with Gasteiger partial charge in [0.1, 0.15) is 18.5 Å². The number of nitrogens with zero attached hydrogens (tertiary/aromatic N) is 1. The maximum Gasteiger partial charge on any atom is 0.289 e.